The molecule has 0 atom stereocenters. The molecule has 6 heteroatoms. The van der Waals surface area contributed by atoms with Gasteiger partial charge in [-0.2, -0.15) is 0 Å². The van der Waals surface area contributed by atoms with Crippen molar-refractivity contribution in [1.82, 2.24) is 4.57 Å². The first-order valence-electron chi connectivity index (χ1n) is 10.6. The van der Waals surface area contributed by atoms with Crippen molar-refractivity contribution in [3.8, 4) is 16.9 Å². The summed E-state index contributed by atoms with van der Waals surface area (Å²) in [5.74, 6) is -0.231. The van der Waals surface area contributed by atoms with Gasteiger partial charge >= 0.3 is 5.97 Å². The van der Waals surface area contributed by atoms with Gasteiger partial charge in [-0.3, -0.25) is 4.79 Å². The number of ketones is 1. The van der Waals surface area contributed by atoms with E-state index in [9.17, 15) is 9.59 Å². The maximum absolute atomic E-state index is 12.6. The van der Waals surface area contributed by atoms with E-state index in [-0.39, 0.29) is 19.0 Å². The van der Waals surface area contributed by atoms with Gasteiger partial charge < -0.3 is 18.8 Å². The highest BCUT2D eigenvalue weighted by molar-refractivity contribution is 5.99. The molecule has 0 spiro atoms. The smallest absolute Gasteiger partial charge is 0.344 e. The largest absolute Gasteiger partial charge is 0.481 e. The van der Waals surface area contributed by atoms with Crippen LogP contribution in [0.5, 0.6) is 5.75 Å². The zero-order valence-electron chi connectivity index (χ0n) is 18.8. The Labute approximate surface area is 188 Å². The number of Topliss-reactive ketones (excluding diaryl/α,β-unsaturated/α-hetero) is 1. The Kier molecular flexibility index (Phi) is 8.22. The molecule has 3 aromatic rings. The number of methoxy groups -OCH3 is 1. The number of aryl methyl sites for hydroxylation is 1. The zero-order valence-corrected chi connectivity index (χ0v) is 18.8. The number of esters is 1. The molecule has 0 fully saturated rings. The maximum Gasteiger partial charge on any atom is 0.344 e. The SMILES string of the molecule is COCCCn1c(C)cc(C(=O)COC(=O)COc2ccccc2-c2ccccc2)c1C. The van der Waals surface area contributed by atoms with E-state index in [1.807, 2.05) is 68.4 Å². The average molecular weight is 436 g/mol. The minimum atomic E-state index is -0.588. The topological polar surface area (TPSA) is 66.8 Å². The van der Waals surface area contributed by atoms with E-state index in [1.165, 1.54) is 0 Å². The van der Waals surface area contributed by atoms with Crippen molar-refractivity contribution in [1.29, 1.82) is 0 Å². The number of carbonyl (C=O) groups is 2. The molecule has 0 aliphatic heterocycles. The van der Waals surface area contributed by atoms with E-state index in [0.29, 0.717) is 17.9 Å². The van der Waals surface area contributed by atoms with Crippen LogP contribution in [0.15, 0.2) is 60.7 Å². The van der Waals surface area contributed by atoms with Crippen LogP contribution in [0.4, 0.5) is 0 Å². The van der Waals surface area contributed by atoms with Gasteiger partial charge in [-0.05, 0) is 38.0 Å². The molecule has 6 nitrogen and oxygen atoms in total. The zero-order chi connectivity index (χ0) is 22.9. The average Bonchev–Trinajstić information content (AvgIpc) is 3.10. The molecule has 0 aliphatic rings. The van der Waals surface area contributed by atoms with Gasteiger partial charge in [-0.1, -0.05) is 48.5 Å². The number of hydrogen-bond donors (Lipinski definition) is 0. The van der Waals surface area contributed by atoms with Crippen LogP contribution in [0.3, 0.4) is 0 Å². The second-order valence-corrected chi connectivity index (χ2v) is 7.52. The van der Waals surface area contributed by atoms with Crippen molar-refractivity contribution in [2.24, 2.45) is 0 Å². The molecule has 0 N–H and O–H groups in total. The minimum Gasteiger partial charge on any atom is -0.481 e. The van der Waals surface area contributed by atoms with Gasteiger partial charge in [0.05, 0.1) is 0 Å². The summed E-state index contributed by atoms with van der Waals surface area (Å²) in [6, 6.07) is 19.1. The number of rotatable bonds is 11. The quantitative estimate of drug-likeness (QED) is 0.250. The van der Waals surface area contributed by atoms with E-state index >= 15 is 0 Å². The minimum absolute atomic E-state index is 0.228. The number of hydrogen-bond acceptors (Lipinski definition) is 5. The summed E-state index contributed by atoms with van der Waals surface area (Å²) in [4.78, 5) is 24.8. The standard InChI is InChI=1S/C26H29NO5/c1-19-16-23(20(2)27(19)14-9-15-30-3)24(28)17-32-26(29)18-31-25-13-8-7-12-22(25)21-10-5-4-6-11-21/h4-8,10-13,16H,9,14-15,17-18H2,1-3H3. The summed E-state index contributed by atoms with van der Waals surface area (Å²) in [6.45, 7) is 4.70. The van der Waals surface area contributed by atoms with E-state index in [1.54, 1.807) is 13.2 Å². The summed E-state index contributed by atoms with van der Waals surface area (Å²) in [5, 5.41) is 0. The Morgan fingerprint density at radius 1 is 0.938 bits per heavy atom. The van der Waals surface area contributed by atoms with Crippen LogP contribution in [0.2, 0.25) is 0 Å². The Hall–Kier alpha value is -3.38. The van der Waals surface area contributed by atoms with Crippen molar-refractivity contribution in [3.05, 3.63) is 77.6 Å². The van der Waals surface area contributed by atoms with Crippen molar-refractivity contribution in [2.75, 3.05) is 26.9 Å². The Bertz CT molecular complexity index is 1060. The lowest BCUT2D eigenvalue weighted by molar-refractivity contribution is -0.144. The summed E-state index contributed by atoms with van der Waals surface area (Å²) in [6.07, 6.45) is 0.858. The second kappa shape index (κ2) is 11.3. The summed E-state index contributed by atoms with van der Waals surface area (Å²) >= 11 is 0. The number of aromatic nitrogens is 1. The molecule has 0 bridgehead atoms. The third-order valence-corrected chi connectivity index (χ3v) is 5.29. The first-order chi connectivity index (χ1) is 15.5. The number of benzene rings is 2. The molecule has 1 aromatic heterocycles. The van der Waals surface area contributed by atoms with Gasteiger partial charge in [-0.15, -0.1) is 0 Å². The fraction of sp³-hybridized carbons (Fsp3) is 0.308. The molecule has 3 rings (SSSR count). The van der Waals surface area contributed by atoms with Gasteiger partial charge in [0.15, 0.2) is 13.2 Å². The predicted molar refractivity (Wildman–Crippen MR) is 123 cm³/mol. The number of ether oxygens (including phenoxy) is 3. The predicted octanol–water partition coefficient (Wildman–Crippen LogP) is 4.61. The molecular formula is C26H29NO5. The molecule has 2 aromatic carbocycles. The van der Waals surface area contributed by atoms with Crippen LogP contribution < -0.4 is 4.74 Å². The number of nitrogens with zero attached hydrogens (tertiary/aromatic N) is 1. The van der Waals surface area contributed by atoms with Crippen LogP contribution in [0, 0.1) is 13.8 Å². The van der Waals surface area contributed by atoms with Crippen molar-refractivity contribution in [2.45, 2.75) is 26.8 Å². The maximum atomic E-state index is 12.6. The molecule has 0 radical (unpaired) electrons. The molecule has 32 heavy (non-hydrogen) atoms. The molecule has 0 saturated heterocycles. The Morgan fingerprint density at radius 3 is 2.41 bits per heavy atom. The van der Waals surface area contributed by atoms with E-state index in [2.05, 4.69) is 4.57 Å². The summed E-state index contributed by atoms with van der Waals surface area (Å²) in [5.41, 5.74) is 4.32. The van der Waals surface area contributed by atoms with Gasteiger partial charge in [-0.25, -0.2) is 4.79 Å². The van der Waals surface area contributed by atoms with Gasteiger partial charge in [0.25, 0.3) is 0 Å². The van der Waals surface area contributed by atoms with Gasteiger partial charge in [0.2, 0.25) is 5.78 Å². The highest BCUT2D eigenvalue weighted by Gasteiger charge is 2.18. The Morgan fingerprint density at radius 2 is 1.66 bits per heavy atom. The monoisotopic (exact) mass is 435 g/mol. The summed E-state index contributed by atoms with van der Waals surface area (Å²) in [7, 11) is 1.67. The molecule has 168 valence electrons. The molecule has 0 unspecified atom stereocenters. The third kappa shape index (κ3) is 5.86. The summed E-state index contributed by atoms with van der Waals surface area (Å²) < 4.78 is 18.1. The van der Waals surface area contributed by atoms with Crippen LogP contribution in [0.25, 0.3) is 11.1 Å². The van der Waals surface area contributed by atoms with Crippen LogP contribution in [-0.4, -0.2) is 43.3 Å². The lowest BCUT2D eigenvalue weighted by atomic mass is 10.1. The van der Waals surface area contributed by atoms with E-state index in [0.717, 1.165) is 35.5 Å². The number of carbonyl (C=O) groups excluding carboxylic acids is 2. The van der Waals surface area contributed by atoms with Crippen molar-refractivity contribution >= 4 is 11.8 Å². The van der Waals surface area contributed by atoms with Gasteiger partial charge in [0.1, 0.15) is 5.75 Å². The lowest BCUT2D eigenvalue weighted by Gasteiger charge is -2.11. The second-order valence-electron chi connectivity index (χ2n) is 7.52. The highest BCUT2D eigenvalue weighted by Crippen LogP contribution is 2.29. The van der Waals surface area contributed by atoms with Crippen LogP contribution in [-0.2, 0) is 20.8 Å². The van der Waals surface area contributed by atoms with Crippen LogP contribution in [0.1, 0.15) is 28.2 Å². The third-order valence-electron chi connectivity index (χ3n) is 5.29. The molecular weight excluding hydrogens is 406 g/mol. The molecule has 0 aliphatic carbocycles. The fourth-order valence-electron chi connectivity index (χ4n) is 3.65. The fourth-order valence-corrected chi connectivity index (χ4v) is 3.65. The Balaban J connectivity index is 1.55. The normalized spacial score (nSPS) is 10.7. The van der Waals surface area contributed by atoms with Crippen molar-refractivity contribution in [3.63, 3.8) is 0 Å². The number of para-hydroxylation sites is 1. The van der Waals surface area contributed by atoms with E-state index in [4.69, 9.17) is 14.2 Å². The first-order valence-corrected chi connectivity index (χ1v) is 10.6. The molecule has 0 saturated carbocycles. The lowest BCUT2D eigenvalue weighted by Crippen LogP contribution is -2.20. The first kappa shape index (κ1) is 23.3. The molecule has 0 amide bonds. The molecule has 1 heterocycles. The van der Waals surface area contributed by atoms with E-state index < -0.39 is 5.97 Å². The van der Waals surface area contributed by atoms with Crippen molar-refractivity contribution < 1.29 is 23.8 Å². The van der Waals surface area contributed by atoms with Gasteiger partial charge in [0, 0.05) is 42.8 Å². The highest BCUT2D eigenvalue weighted by atomic mass is 16.6. The van der Waals surface area contributed by atoms with Crippen LogP contribution >= 0.6 is 0 Å².